The third kappa shape index (κ3) is 134000. The summed E-state index contributed by atoms with van der Waals surface area (Å²) in [5, 5.41) is 0. The molecule has 0 unspecified atom stereocenters. The second kappa shape index (κ2) is 24.9. The van der Waals surface area contributed by atoms with Crippen LogP contribution in [0.3, 0.4) is 0 Å². The van der Waals surface area contributed by atoms with E-state index < -0.39 is 14.5 Å². The van der Waals surface area contributed by atoms with E-state index in [1.165, 1.54) is 0 Å². The summed E-state index contributed by atoms with van der Waals surface area (Å²) in [5.74, 6) is 0. The van der Waals surface area contributed by atoms with Gasteiger partial charge in [0.2, 0.25) is 0 Å². The summed E-state index contributed by atoms with van der Waals surface area (Å²) in [6, 6.07) is 0. The zero-order valence-electron chi connectivity index (χ0n) is 7.48. The Morgan fingerprint density at radius 1 is 0.353 bits per heavy atom. The zero-order valence-corrected chi connectivity index (χ0v) is 8.42. The molecule has 0 spiro atoms. The molecule has 1 radical (unpaired) electrons. The third-order valence-electron chi connectivity index (χ3n) is 0. The average Bonchev–Trinajstić information content (AvgIpc) is 1.12. The van der Waals surface area contributed by atoms with Crippen LogP contribution in [0, 0.1) is 0 Å². The van der Waals surface area contributed by atoms with Gasteiger partial charge in [-0.15, -0.1) is 0 Å². The van der Waals surface area contributed by atoms with Crippen LogP contribution in [-0.2, 0) is 17.1 Å². The topological polar surface area (TPSA) is 189 Å². The first kappa shape index (κ1) is 68.7. The Morgan fingerprint density at radius 2 is 0.353 bits per heavy atom. The molecule has 0 saturated heterocycles. The molecule has 0 amide bonds. The van der Waals surface area contributed by atoms with Crippen molar-refractivity contribution in [2.45, 2.75) is 0 Å². The zero-order chi connectivity index (χ0) is 9.00. The van der Waals surface area contributed by atoms with Crippen molar-refractivity contribution in [3.8, 4) is 0 Å². The van der Waals surface area contributed by atoms with Crippen molar-refractivity contribution in [1.82, 2.24) is 0 Å². The van der Waals surface area contributed by atoms with Gasteiger partial charge in [0.05, 0.1) is 0 Å². The molecule has 0 rings (SSSR count). The molecule has 0 aromatic carbocycles. The van der Waals surface area contributed by atoms with Gasteiger partial charge in [0.15, 0.2) is 0 Å². The van der Waals surface area contributed by atoms with Crippen molar-refractivity contribution < 1.29 is 84.5 Å². The Bertz CT molecular complexity index is 71.0. The minimum absolute atomic E-state index is 0. The van der Waals surface area contributed by atoms with Crippen molar-refractivity contribution >= 4 is 14.5 Å². The molecule has 0 aliphatic rings. The van der Waals surface area contributed by atoms with E-state index in [2.05, 4.69) is 0 Å². The van der Waals surface area contributed by atoms with E-state index in [0.29, 0.717) is 0 Å². The normalized spacial score (nSPS) is 7.06. The summed E-state index contributed by atoms with van der Waals surface area (Å²) >= 11 is 0. The summed E-state index contributed by atoms with van der Waals surface area (Å²) in [7, 11) is -12.0. The summed E-state index contributed by atoms with van der Waals surface area (Å²) in [6.45, 7) is 0. The van der Waals surface area contributed by atoms with Crippen LogP contribution in [0.15, 0.2) is 0 Å². The minimum atomic E-state index is -6.00. The van der Waals surface area contributed by atoms with Crippen LogP contribution >= 0.6 is 0 Å². The smallest absolute Gasteiger partial charge is 0.418 e. The van der Waals surface area contributed by atoms with Gasteiger partial charge < -0.3 is 67.4 Å². The predicted molar refractivity (Wildman–Crippen MR) is 42.1 cm³/mol. The summed E-state index contributed by atoms with van der Waals surface area (Å²) < 4.78 is 78.0. The van der Waals surface area contributed by atoms with E-state index in [4.69, 9.17) is 0 Å². The van der Waals surface area contributed by atoms with E-state index in [1.807, 2.05) is 0 Å². The molecular formula is H12B2CuF8O6. The van der Waals surface area contributed by atoms with Gasteiger partial charge in [-0.1, -0.05) is 0 Å². The Morgan fingerprint density at radius 3 is 0.353 bits per heavy atom. The largest absolute Gasteiger partial charge is 2.00 e. The first-order valence-electron chi connectivity index (χ1n) is 1.75. The van der Waals surface area contributed by atoms with Crippen molar-refractivity contribution in [3.63, 3.8) is 0 Å². The summed E-state index contributed by atoms with van der Waals surface area (Å²) in [6.07, 6.45) is 0. The van der Waals surface area contributed by atoms with E-state index >= 15 is 0 Å². The van der Waals surface area contributed by atoms with Crippen LogP contribution in [0.5, 0.6) is 0 Å². The first-order valence-corrected chi connectivity index (χ1v) is 1.75. The Balaban J connectivity index is -0.00000000762. The monoisotopic (exact) mass is 345 g/mol. The van der Waals surface area contributed by atoms with Crippen LogP contribution in [0.1, 0.15) is 0 Å². The number of hydrogen-bond acceptors (Lipinski definition) is 0. The molecular weight excluding hydrogens is 333 g/mol. The van der Waals surface area contributed by atoms with Crippen molar-refractivity contribution in [1.29, 1.82) is 0 Å². The molecule has 0 saturated carbocycles. The molecule has 0 aliphatic heterocycles. The molecule has 6 nitrogen and oxygen atoms in total. The molecule has 0 fully saturated rings. The van der Waals surface area contributed by atoms with Crippen LogP contribution < -0.4 is 0 Å². The maximum absolute atomic E-state index is 9.75. The molecule has 121 valence electrons. The van der Waals surface area contributed by atoms with Gasteiger partial charge in [-0.3, -0.25) is 0 Å². The first-order chi connectivity index (χ1) is 4.00. The molecule has 17 heavy (non-hydrogen) atoms. The molecule has 0 atom stereocenters. The van der Waals surface area contributed by atoms with Gasteiger partial charge >= 0.3 is 31.6 Å². The molecule has 0 aromatic heterocycles. The third-order valence-corrected chi connectivity index (χ3v) is 0. The fourth-order valence-electron chi connectivity index (χ4n) is 0. The van der Waals surface area contributed by atoms with Gasteiger partial charge in [-0.05, 0) is 0 Å². The minimum Gasteiger partial charge on any atom is -0.418 e. The maximum atomic E-state index is 9.75. The molecule has 17 heteroatoms. The maximum Gasteiger partial charge on any atom is 2.00 e. The van der Waals surface area contributed by atoms with Gasteiger partial charge in [0.25, 0.3) is 0 Å². The van der Waals surface area contributed by atoms with Crippen molar-refractivity contribution in [3.05, 3.63) is 0 Å². The van der Waals surface area contributed by atoms with Crippen LogP contribution in [-0.4, -0.2) is 47.4 Å². The number of rotatable bonds is 0. The van der Waals surface area contributed by atoms with Crippen molar-refractivity contribution in [2.75, 3.05) is 0 Å². The average molecular weight is 345 g/mol. The van der Waals surface area contributed by atoms with Gasteiger partial charge in [-0.25, -0.2) is 0 Å². The van der Waals surface area contributed by atoms with E-state index in [-0.39, 0.29) is 49.9 Å². The second-order valence-electron chi connectivity index (χ2n) is 0.990. The van der Waals surface area contributed by atoms with Crippen molar-refractivity contribution in [2.24, 2.45) is 0 Å². The SMILES string of the molecule is F[B-](F)(F)F.F[B-](F)(F)F.O.O.O.O.O.O.[Cu+2]. The summed E-state index contributed by atoms with van der Waals surface area (Å²) in [5.41, 5.74) is 0. The Hall–Kier alpha value is -0.151. The summed E-state index contributed by atoms with van der Waals surface area (Å²) in [4.78, 5) is 0. The Kier molecular flexibility index (Phi) is 101. The molecule has 0 heterocycles. The quantitative estimate of drug-likeness (QED) is 0.336. The van der Waals surface area contributed by atoms with Gasteiger partial charge in [0.1, 0.15) is 0 Å². The van der Waals surface area contributed by atoms with Crippen LogP contribution in [0.4, 0.5) is 34.5 Å². The molecule has 0 aliphatic carbocycles. The van der Waals surface area contributed by atoms with Crippen LogP contribution in [0.2, 0.25) is 0 Å². The molecule has 0 bridgehead atoms. The van der Waals surface area contributed by atoms with Crippen LogP contribution in [0.25, 0.3) is 0 Å². The Labute approximate surface area is 99.9 Å². The van der Waals surface area contributed by atoms with E-state index in [1.54, 1.807) is 0 Å². The fourth-order valence-corrected chi connectivity index (χ4v) is 0. The van der Waals surface area contributed by atoms with Gasteiger partial charge in [0, 0.05) is 0 Å². The van der Waals surface area contributed by atoms with E-state index in [9.17, 15) is 34.5 Å². The van der Waals surface area contributed by atoms with Gasteiger partial charge in [-0.2, -0.15) is 0 Å². The number of hydrogen-bond donors (Lipinski definition) is 0. The predicted octanol–water partition coefficient (Wildman–Crippen LogP) is -2.35. The molecule has 12 N–H and O–H groups in total. The molecule has 0 aromatic rings. The second-order valence-corrected chi connectivity index (χ2v) is 0.990. The fraction of sp³-hybridized carbons (Fsp3) is 0. The van der Waals surface area contributed by atoms with E-state index in [0.717, 1.165) is 0 Å². The standard InChI is InChI=1S/2BF4.Cu.6H2O/c2*2-1(3,4)5;;;;;;;/h;;;6*1H2/q2*-1;+2;;;;;;. The number of halogens is 8.